The highest BCUT2D eigenvalue weighted by molar-refractivity contribution is 5.75. The zero-order chi connectivity index (χ0) is 20.3. The van der Waals surface area contributed by atoms with Crippen molar-refractivity contribution < 1.29 is 24.1 Å². The van der Waals surface area contributed by atoms with Gasteiger partial charge in [0, 0.05) is 50.7 Å². The number of aliphatic hydroxyl groups excluding tert-OH is 1. The molecule has 0 heterocycles. The van der Waals surface area contributed by atoms with Gasteiger partial charge in [0.15, 0.2) is 0 Å². The second kappa shape index (κ2) is 11.7. The Hall–Kier alpha value is -1.99. The Morgan fingerprint density at radius 1 is 1.15 bits per heavy atom. The van der Waals surface area contributed by atoms with Crippen molar-refractivity contribution in [3.05, 3.63) is 17.7 Å². The van der Waals surface area contributed by atoms with Gasteiger partial charge in [-0.15, -0.1) is 0 Å². The van der Waals surface area contributed by atoms with E-state index in [0.29, 0.717) is 43.4 Å². The van der Waals surface area contributed by atoms with E-state index in [9.17, 15) is 9.90 Å². The highest BCUT2D eigenvalue weighted by atomic mass is 16.5. The van der Waals surface area contributed by atoms with Gasteiger partial charge in [-0.05, 0) is 12.8 Å². The van der Waals surface area contributed by atoms with Gasteiger partial charge < -0.3 is 30.0 Å². The van der Waals surface area contributed by atoms with Crippen molar-refractivity contribution >= 4 is 5.91 Å². The number of nitrogens with one attached hydrogen (secondary N) is 2. The van der Waals surface area contributed by atoms with Crippen LogP contribution < -0.4 is 24.8 Å². The smallest absolute Gasteiger partial charge is 0.219 e. The van der Waals surface area contributed by atoms with Gasteiger partial charge in [-0.2, -0.15) is 0 Å². The molecule has 0 bridgehead atoms. The molecule has 0 spiro atoms. The quantitative estimate of drug-likeness (QED) is 0.453. The second-order valence-electron chi connectivity index (χ2n) is 7.21. The fourth-order valence-corrected chi connectivity index (χ4v) is 2.50. The molecule has 1 aromatic rings. The average Bonchev–Trinajstić information content (AvgIpc) is 2.67. The second-order valence-corrected chi connectivity index (χ2v) is 7.21. The first kappa shape index (κ1) is 23.0. The fourth-order valence-electron chi connectivity index (χ4n) is 2.50. The summed E-state index contributed by atoms with van der Waals surface area (Å²) in [7, 11) is 4.87. The van der Waals surface area contributed by atoms with Crippen LogP contribution in [0.4, 0.5) is 0 Å². The summed E-state index contributed by atoms with van der Waals surface area (Å²) < 4.78 is 16.8. The molecule has 0 aliphatic carbocycles. The summed E-state index contributed by atoms with van der Waals surface area (Å²) >= 11 is 0. The van der Waals surface area contributed by atoms with Crippen molar-refractivity contribution in [2.45, 2.75) is 39.7 Å². The summed E-state index contributed by atoms with van der Waals surface area (Å²) in [6.45, 7) is 5.85. The molecule has 0 aliphatic rings. The van der Waals surface area contributed by atoms with Crippen molar-refractivity contribution in [2.75, 3.05) is 41.0 Å². The van der Waals surface area contributed by atoms with Crippen molar-refractivity contribution in [3.8, 4) is 17.2 Å². The lowest BCUT2D eigenvalue weighted by Crippen LogP contribution is -2.32. The number of carbonyl (C=O) groups is 1. The number of carbonyl (C=O) groups excluding carboxylic acids is 1. The molecule has 0 aliphatic heterocycles. The van der Waals surface area contributed by atoms with Crippen molar-refractivity contribution in [3.63, 3.8) is 0 Å². The van der Waals surface area contributed by atoms with Crippen LogP contribution in [-0.4, -0.2) is 52.0 Å². The van der Waals surface area contributed by atoms with Gasteiger partial charge in [0.25, 0.3) is 0 Å². The predicted octanol–water partition coefficient (Wildman–Crippen LogP) is 2.11. The van der Waals surface area contributed by atoms with Crippen molar-refractivity contribution in [1.29, 1.82) is 0 Å². The van der Waals surface area contributed by atoms with Crippen LogP contribution in [0.3, 0.4) is 0 Å². The molecule has 0 saturated heterocycles. The first-order valence-electron chi connectivity index (χ1n) is 9.26. The zero-order valence-electron chi connectivity index (χ0n) is 17.2. The third-order valence-corrected chi connectivity index (χ3v) is 4.26. The first-order chi connectivity index (χ1) is 12.9. The van der Waals surface area contributed by atoms with Crippen LogP contribution in [0.15, 0.2) is 12.1 Å². The average molecular weight is 383 g/mol. The maximum atomic E-state index is 11.2. The molecule has 0 atom stereocenters. The number of rotatable bonds is 13. The molecule has 7 heteroatoms. The molecular weight excluding hydrogens is 348 g/mol. The highest BCUT2D eigenvalue weighted by Gasteiger charge is 2.18. The minimum absolute atomic E-state index is 0.0413. The highest BCUT2D eigenvalue weighted by Crippen LogP contribution is 2.34. The third kappa shape index (κ3) is 8.05. The van der Waals surface area contributed by atoms with Crippen LogP contribution in [0.2, 0.25) is 0 Å². The zero-order valence-corrected chi connectivity index (χ0v) is 17.2. The lowest BCUT2D eigenvalue weighted by Gasteiger charge is -2.23. The van der Waals surface area contributed by atoms with Crippen LogP contribution in [0.25, 0.3) is 0 Å². The lowest BCUT2D eigenvalue weighted by atomic mass is 9.95. The van der Waals surface area contributed by atoms with Gasteiger partial charge in [0.05, 0.1) is 26.4 Å². The van der Waals surface area contributed by atoms with Gasteiger partial charge in [0.1, 0.15) is 17.2 Å². The lowest BCUT2D eigenvalue weighted by molar-refractivity contribution is -0.120. The van der Waals surface area contributed by atoms with E-state index in [-0.39, 0.29) is 17.9 Å². The molecule has 1 rings (SSSR count). The summed E-state index contributed by atoms with van der Waals surface area (Å²) in [5, 5.41) is 15.3. The molecular formula is C20H34N2O5. The van der Waals surface area contributed by atoms with E-state index < -0.39 is 0 Å². The van der Waals surface area contributed by atoms with Crippen LogP contribution in [0.5, 0.6) is 17.2 Å². The van der Waals surface area contributed by atoms with Crippen LogP contribution in [-0.2, 0) is 11.3 Å². The summed E-state index contributed by atoms with van der Waals surface area (Å²) in [5.74, 6) is 2.08. The van der Waals surface area contributed by atoms with E-state index in [1.165, 1.54) is 0 Å². The molecule has 7 nitrogen and oxygen atoms in total. The standard InChI is InChI=1S/C20H34N2O5/c1-20(2,14-23)13-22-12-16-17(25-4)10-15(11-18(16)26-5)27-9-7-6-8-19(24)21-3/h10-11,22-23H,6-9,12-14H2,1-5H3,(H,21,24). The molecule has 1 aromatic carbocycles. The van der Waals surface area contributed by atoms with E-state index in [0.717, 1.165) is 18.4 Å². The Kier molecular flexibility index (Phi) is 9.96. The van der Waals surface area contributed by atoms with Gasteiger partial charge in [-0.3, -0.25) is 4.79 Å². The summed E-state index contributed by atoms with van der Waals surface area (Å²) in [6, 6.07) is 3.69. The Balaban J connectivity index is 2.68. The molecule has 3 N–H and O–H groups in total. The minimum Gasteiger partial charge on any atom is -0.496 e. The Bertz CT molecular complexity index is 565. The predicted molar refractivity (Wildman–Crippen MR) is 106 cm³/mol. The summed E-state index contributed by atoms with van der Waals surface area (Å²) in [6.07, 6.45) is 2.06. The topological polar surface area (TPSA) is 89.1 Å². The Morgan fingerprint density at radius 2 is 1.78 bits per heavy atom. The molecule has 0 aromatic heterocycles. The monoisotopic (exact) mass is 382 g/mol. The van der Waals surface area contributed by atoms with Crippen LogP contribution >= 0.6 is 0 Å². The number of benzene rings is 1. The van der Waals surface area contributed by atoms with Crippen LogP contribution in [0.1, 0.15) is 38.7 Å². The van der Waals surface area contributed by atoms with Crippen molar-refractivity contribution in [1.82, 2.24) is 10.6 Å². The van der Waals surface area contributed by atoms with Crippen molar-refractivity contribution in [2.24, 2.45) is 5.41 Å². The maximum Gasteiger partial charge on any atom is 0.219 e. The summed E-state index contributed by atoms with van der Waals surface area (Å²) in [5.41, 5.74) is 0.707. The van der Waals surface area contributed by atoms with E-state index >= 15 is 0 Å². The fraction of sp³-hybridized carbons (Fsp3) is 0.650. The molecule has 1 amide bonds. The molecule has 154 valence electrons. The largest absolute Gasteiger partial charge is 0.496 e. The molecule has 27 heavy (non-hydrogen) atoms. The number of hydrogen-bond acceptors (Lipinski definition) is 6. The SMILES string of the molecule is CNC(=O)CCCCOc1cc(OC)c(CNCC(C)(C)CO)c(OC)c1. The number of methoxy groups -OCH3 is 2. The van der Waals surface area contributed by atoms with Crippen LogP contribution in [0, 0.1) is 5.41 Å². The molecule has 0 fully saturated rings. The minimum atomic E-state index is -0.196. The third-order valence-electron chi connectivity index (χ3n) is 4.26. The first-order valence-corrected chi connectivity index (χ1v) is 9.26. The van der Waals surface area contributed by atoms with Gasteiger partial charge in [-0.25, -0.2) is 0 Å². The number of amides is 1. The maximum absolute atomic E-state index is 11.2. The van der Waals surface area contributed by atoms with E-state index in [2.05, 4.69) is 10.6 Å². The number of aliphatic hydroxyl groups is 1. The Labute approximate surface area is 162 Å². The van der Waals surface area contributed by atoms with Gasteiger partial charge in [-0.1, -0.05) is 13.8 Å². The van der Waals surface area contributed by atoms with Gasteiger partial charge >= 0.3 is 0 Å². The van der Waals surface area contributed by atoms with E-state index in [1.807, 2.05) is 26.0 Å². The normalized spacial score (nSPS) is 11.2. The molecule has 0 unspecified atom stereocenters. The molecule has 0 radical (unpaired) electrons. The van der Waals surface area contributed by atoms with Gasteiger partial charge in [0.2, 0.25) is 5.91 Å². The molecule has 0 saturated carbocycles. The van der Waals surface area contributed by atoms with E-state index in [4.69, 9.17) is 14.2 Å². The number of ether oxygens (including phenoxy) is 3. The Morgan fingerprint density at radius 3 is 2.30 bits per heavy atom. The summed E-state index contributed by atoms with van der Waals surface area (Å²) in [4.78, 5) is 11.2. The number of hydrogen-bond donors (Lipinski definition) is 3. The van der Waals surface area contributed by atoms with E-state index in [1.54, 1.807) is 21.3 Å². The number of unbranched alkanes of at least 4 members (excludes halogenated alkanes) is 1.